The molecule has 1 heterocycles. The van der Waals surface area contributed by atoms with E-state index in [0.717, 1.165) is 25.7 Å². The number of carbonyl (C=O) groups excluding carboxylic acids is 1. The number of rotatable bonds is 4. The molecule has 2 unspecified atom stereocenters. The molecule has 1 aliphatic heterocycles. The van der Waals surface area contributed by atoms with E-state index in [4.69, 9.17) is 10.9 Å². The lowest BCUT2D eigenvalue weighted by atomic mass is 10.0. The van der Waals surface area contributed by atoms with E-state index in [1.54, 1.807) is 4.90 Å². The summed E-state index contributed by atoms with van der Waals surface area (Å²) in [5, 5.41) is 11.7. The van der Waals surface area contributed by atoms with Crippen LogP contribution >= 0.6 is 0 Å². The van der Waals surface area contributed by atoms with Crippen LogP contribution in [0.15, 0.2) is 5.16 Å². The molecule has 0 radical (unpaired) electrons. The normalized spacial score (nSPS) is 23.5. The lowest BCUT2D eigenvalue weighted by Crippen LogP contribution is -2.45. The zero-order valence-corrected chi connectivity index (χ0v) is 10.0. The Labute approximate surface area is 96.3 Å². The average Bonchev–Trinajstić information content (AvgIpc) is 2.76. The Morgan fingerprint density at radius 2 is 2.38 bits per heavy atom. The number of nitrogens with zero attached hydrogens (tertiary/aromatic N) is 2. The minimum absolute atomic E-state index is 0.0251. The van der Waals surface area contributed by atoms with Crippen molar-refractivity contribution in [3.63, 3.8) is 0 Å². The Kier molecular flexibility index (Phi) is 4.58. The van der Waals surface area contributed by atoms with Crippen LogP contribution in [-0.4, -0.2) is 34.4 Å². The van der Waals surface area contributed by atoms with Crippen molar-refractivity contribution in [2.24, 2.45) is 16.8 Å². The first-order chi connectivity index (χ1) is 7.61. The minimum atomic E-state index is -0.211. The van der Waals surface area contributed by atoms with Crippen molar-refractivity contribution in [3.8, 4) is 0 Å². The SMILES string of the molecule is CCCC(C)C(=O)N1CCCC1C(N)=NO. The van der Waals surface area contributed by atoms with Gasteiger partial charge in [0.2, 0.25) is 5.91 Å². The molecule has 0 spiro atoms. The Hall–Kier alpha value is -1.26. The van der Waals surface area contributed by atoms with Gasteiger partial charge in [-0.2, -0.15) is 0 Å². The summed E-state index contributed by atoms with van der Waals surface area (Å²) in [6.07, 6.45) is 3.60. The first-order valence-corrected chi connectivity index (χ1v) is 5.89. The van der Waals surface area contributed by atoms with Crippen LogP contribution in [0.1, 0.15) is 39.5 Å². The highest BCUT2D eigenvalue weighted by Crippen LogP contribution is 2.21. The van der Waals surface area contributed by atoms with Gasteiger partial charge in [-0.25, -0.2) is 0 Å². The van der Waals surface area contributed by atoms with Gasteiger partial charge < -0.3 is 15.8 Å². The van der Waals surface area contributed by atoms with E-state index < -0.39 is 0 Å². The van der Waals surface area contributed by atoms with Crippen LogP contribution in [0.5, 0.6) is 0 Å². The maximum absolute atomic E-state index is 12.1. The van der Waals surface area contributed by atoms with Crippen molar-refractivity contribution >= 4 is 11.7 Å². The highest BCUT2D eigenvalue weighted by molar-refractivity contribution is 5.91. The van der Waals surface area contributed by atoms with Crippen LogP contribution in [0.2, 0.25) is 0 Å². The highest BCUT2D eigenvalue weighted by atomic mass is 16.4. The molecule has 5 nitrogen and oxygen atoms in total. The lowest BCUT2D eigenvalue weighted by molar-refractivity contribution is -0.135. The first kappa shape index (κ1) is 12.8. The van der Waals surface area contributed by atoms with Gasteiger partial charge in [0, 0.05) is 12.5 Å². The second-order valence-corrected chi connectivity index (χ2v) is 4.40. The van der Waals surface area contributed by atoms with Crippen molar-refractivity contribution in [1.82, 2.24) is 4.90 Å². The Bertz CT molecular complexity index is 278. The summed E-state index contributed by atoms with van der Waals surface area (Å²) in [4.78, 5) is 13.8. The molecule has 1 aliphatic rings. The second kappa shape index (κ2) is 5.72. The van der Waals surface area contributed by atoms with E-state index in [9.17, 15) is 4.79 Å². The molecule has 1 fully saturated rings. The molecule has 0 aromatic rings. The smallest absolute Gasteiger partial charge is 0.226 e. The maximum atomic E-state index is 12.1. The van der Waals surface area contributed by atoms with Gasteiger partial charge in [-0.05, 0) is 19.3 Å². The van der Waals surface area contributed by atoms with Crippen molar-refractivity contribution in [1.29, 1.82) is 0 Å². The summed E-state index contributed by atoms with van der Waals surface area (Å²) in [7, 11) is 0. The summed E-state index contributed by atoms with van der Waals surface area (Å²) in [5.41, 5.74) is 5.59. The zero-order chi connectivity index (χ0) is 12.1. The Morgan fingerprint density at radius 3 is 2.94 bits per heavy atom. The number of hydrogen-bond donors (Lipinski definition) is 2. The maximum Gasteiger partial charge on any atom is 0.226 e. The van der Waals surface area contributed by atoms with Crippen molar-refractivity contribution in [3.05, 3.63) is 0 Å². The Morgan fingerprint density at radius 1 is 1.69 bits per heavy atom. The molecule has 0 aromatic heterocycles. The monoisotopic (exact) mass is 227 g/mol. The molecule has 5 heteroatoms. The third-order valence-electron chi connectivity index (χ3n) is 3.14. The van der Waals surface area contributed by atoms with Gasteiger partial charge in [-0.15, -0.1) is 0 Å². The van der Waals surface area contributed by atoms with Crippen LogP contribution in [0.25, 0.3) is 0 Å². The number of oxime groups is 1. The number of nitrogens with two attached hydrogens (primary N) is 1. The predicted octanol–water partition coefficient (Wildman–Crippen LogP) is 1.16. The van der Waals surface area contributed by atoms with E-state index in [1.807, 2.05) is 6.92 Å². The van der Waals surface area contributed by atoms with E-state index in [2.05, 4.69) is 12.1 Å². The minimum Gasteiger partial charge on any atom is -0.409 e. The van der Waals surface area contributed by atoms with Gasteiger partial charge in [0.05, 0.1) is 6.04 Å². The zero-order valence-electron chi connectivity index (χ0n) is 10.0. The number of likely N-dealkylation sites (tertiary alicyclic amines) is 1. The third kappa shape index (κ3) is 2.65. The summed E-state index contributed by atoms with van der Waals surface area (Å²) >= 11 is 0. The van der Waals surface area contributed by atoms with Gasteiger partial charge in [0.1, 0.15) is 0 Å². The van der Waals surface area contributed by atoms with Gasteiger partial charge in [0.25, 0.3) is 0 Å². The quantitative estimate of drug-likeness (QED) is 0.327. The van der Waals surface area contributed by atoms with Crippen molar-refractivity contribution in [2.75, 3.05) is 6.54 Å². The molecule has 92 valence electrons. The number of amides is 1. The lowest BCUT2D eigenvalue weighted by Gasteiger charge is -2.26. The molecule has 0 aromatic carbocycles. The fraction of sp³-hybridized carbons (Fsp3) is 0.818. The molecule has 1 saturated heterocycles. The van der Waals surface area contributed by atoms with E-state index >= 15 is 0 Å². The standard InChI is InChI=1S/C11H21N3O2/c1-3-5-8(2)11(15)14-7-4-6-9(14)10(12)13-16/h8-9,16H,3-7H2,1-2H3,(H2,12,13). The topological polar surface area (TPSA) is 78.9 Å². The van der Waals surface area contributed by atoms with Crippen LogP contribution < -0.4 is 5.73 Å². The van der Waals surface area contributed by atoms with E-state index in [1.165, 1.54) is 0 Å². The molecule has 1 amide bonds. The summed E-state index contributed by atoms with van der Waals surface area (Å²) < 4.78 is 0. The van der Waals surface area contributed by atoms with E-state index in [-0.39, 0.29) is 23.7 Å². The molecule has 2 atom stereocenters. The molecule has 3 N–H and O–H groups in total. The highest BCUT2D eigenvalue weighted by Gasteiger charge is 2.33. The van der Waals surface area contributed by atoms with Gasteiger partial charge >= 0.3 is 0 Å². The fourth-order valence-corrected chi connectivity index (χ4v) is 2.24. The second-order valence-electron chi connectivity index (χ2n) is 4.40. The van der Waals surface area contributed by atoms with Gasteiger partial charge in [-0.3, -0.25) is 4.79 Å². The third-order valence-corrected chi connectivity index (χ3v) is 3.14. The van der Waals surface area contributed by atoms with Crippen molar-refractivity contribution < 1.29 is 10.0 Å². The van der Waals surface area contributed by atoms with Crippen LogP contribution in [0.4, 0.5) is 0 Å². The molecular weight excluding hydrogens is 206 g/mol. The molecule has 0 saturated carbocycles. The van der Waals surface area contributed by atoms with Crippen LogP contribution in [0.3, 0.4) is 0 Å². The summed E-state index contributed by atoms with van der Waals surface area (Å²) in [6.45, 7) is 4.72. The number of carbonyl (C=O) groups is 1. The van der Waals surface area contributed by atoms with E-state index in [0.29, 0.717) is 6.54 Å². The van der Waals surface area contributed by atoms with Gasteiger partial charge in [-0.1, -0.05) is 25.4 Å². The first-order valence-electron chi connectivity index (χ1n) is 5.89. The molecule has 1 rings (SSSR count). The van der Waals surface area contributed by atoms with Gasteiger partial charge in [0.15, 0.2) is 5.84 Å². The Balaban J connectivity index is 2.68. The molecule has 0 aliphatic carbocycles. The largest absolute Gasteiger partial charge is 0.409 e. The number of amidine groups is 1. The predicted molar refractivity (Wildman–Crippen MR) is 62.2 cm³/mol. The fourth-order valence-electron chi connectivity index (χ4n) is 2.24. The molecule has 0 bridgehead atoms. The summed E-state index contributed by atoms with van der Waals surface area (Å²) in [5.74, 6) is 0.294. The molecule has 16 heavy (non-hydrogen) atoms. The summed E-state index contributed by atoms with van der Waals surface area (Å²) in [6, 6.07) is -0.211. The van der Waals surface area contributed by atoms with Crippen molar-refractivity contribution in [2.45, 2.75) is 45.6 Å². The van der Waals surface area contributed by atoms with Crippen LogP contribution in [0, 0.1) is 5.92 Å². The molecular formula is C11H21N3O2. The van der Waals surface area contributed by atoms with Crippen LogP contribution in [-0.2, 0) is 4.79 Å². The number of hydrogen-bond acceptors (Lipinski definition) is 3. The average molecular weight is 227 g/mol.